The average molecular weight is 309 g/mol. The summed E-state index contributed by atoms with van der Waals surface area (Å²) in [5, 5.41) is 8.68. The third-order valence-electron chi connectivity index (χ3n) is 3.57. The Labute approximate surface area is 123 Å². The smallest absolute Gasteiger partial charge is 0.310 e. The predicted octanol–water partition coefficient (Wildman–Crippen LogP) is 0.383. The molecule has 1 aromatic rings. The first kappa shape index (κ1) is 15.4. The number of methoxy groups -OCH3 is 1. The van der Waals surface area contributed by atoms with Gasteiger partial charge in [0, 0.05) is 19.3 Å². The van der Waals surface area contributed by atoms with Crippen molar-refractivity contribution in [2.24, 2.45) is 11.8 Å². The Morgan fingerprint density at radius 2 is 2.19 bits per heavy atom. The molecule has 0 N–H and O–H groups in total. The van der Waals surface area contributed by atoms with E-state index in [1.165, 1.54) is 23.5 Å². The van der Waals surface area contributed by atoms with Gasteiger partial charge in [-0.15, -0.1) is 0 Å². The molecular weight excluding hydrogens is 294 g/mol. The van der Waals surface area contributed by atoms with Crippen LogP contribution >= 0.6 is 0 Å². The molecule has 1 aromatic heterocycles. The van der Waals surface area contributed by atoms with Gasteiger partial charge in [-0.1, -0.05) is 6.92 Å². The van der Waals surface area contributed by atoms with Crippen molar-refractivity contribution < 1.29 is 17.9 Å². The number of aromatic nitrogens is 1. The second kappa shape index (κ2) is 5.79. The van der Waals surface area contributed by atoms with E-state index in [1.54, 1.807) is 0 Å². The van der Waals surface area contributed by atoms with Crippen LogP contribution in [0.5, 0.6) is 0 Å². The van der Waals surface area contributed by atoms with Crippen LogP contribution < -0.4 is 0 Å². The maximum atomic E-state index is 12.5. The number of hydrogen-bond donors (Lipinski definition) is 0. The van der Waals surface area contributed by atoms with Crippen LogP contribution in [-0.4, -0.2) is 43.9 Å². The highest BCUT2D eigenvalue weighted by atomic mass is 32.2. The summed E-state index contributed by atoms with van der Waals surface area (Å²) in [5.74, 6) is -0.979. The summed E-state index contributed by atoms with van der Waals surface area (Å²) in [6.07, 6.45) is 1.16. The van der Waals surface area contributed by atoms with Gasteiger partial charge in [-0.05, 0) is 18.1 Å². The number of carbonyl (C=O) groups is 1. The SMILES string of the molecule is COC(=O)C1CN(S(=O)(=O)c2ccc(C#N)nc2)CC1C. The molecule has 0 aliphatic carbocycles. The highest BCUT2D eigenvalue weighted by Gasteiger charge is 2.41. The second-order valence-electron chi connectivity index (χ2n) is 4.92. The minimum atomic E-state index is -3.72. The molecule has 0 aromatic carbocycles. The fraction of sp³-hybridized carbons (Fsp3) is 0.462. The summed E-state index contributed by atoms with van der Waals surface area (Å²) in [5.41, 5.74) is 0.149. The van der Waals surface area contributed by atoms with E-state index in [4.69, 9.17) is 10.00 Å². The molecule has 1 fully saturated rings. The normalized spacial score (nSPS) is 22.7. The van der Waals surface area contributed by atoms with E-state index in [2.05, 4.69) is 4.98 Å². The number of hydrogen-bond acceptors (Lipinski definition) is 6. The van der Waals surface area contributed by atoms with Gasteiger partial charge < -0.3 is 4.74 Å². The Morgan fingerprint density at radius 1 is 1.48 bits per heavy atom. The molecule has 112 valence electrons. The molecule has 0 bridgehead atoms. The largest absolute Gasteiger partial charge is 0.469 e. The Kier molecular flexibility index (Phi) is 4.25. The topological polar surface area (TPSA) is 100 Å². The Bertz CT molecular complexity index is 678. The molecule has 2 rings (SSSR count). The highest BCUT2D eigenvalue weighted by molar-refractivity contribution is 7.89. The molecule has 1 saturated heterocycles. The van der Waals surface area contributed by atoms with Crippen molar-refractivity contribution in [3.05, 3.63) is 24.0 Å². The predicted molar refractivity (Wildman–Crippen MR) is 72.4 cm³/mol. The van der Waals surface area contributed by atoms with Crippen LogP contribution in [-0.2, 0) is 19.6 Å². The highest BCUT2D eigenvalue weighted by Crippen LogP contribution is 2.29. The number of nitrogens with zero attached hydrogens (tertiary/aromatic N) is 3. The Hall–Kier alpha value is -1.98. The average Bonchev–Trinajstić information content (AvgIpc) is 2.89. The molecule has 0 radical (unpaired) electrons. The van der Waals surface area contributed by atoms with Crippen molar-refractivity contribution >= 4 is 16.0 Å². The maximum absolute atomic E-state index is 12.5. The van der Waals surface area contributed by atoms with E-state index < -0.39 is 21.9 Å². The van der Waals surface area contributed by atoms with Crippen LogP contribution in [0.4, 0.5) is 0 Å². The lowest BCUT2D eigenvalue weighted by Crippen LogP contribution is -2.30. The third-order valence-corrected chi connectivity index (χ3v) is 5.39. The molecule has 8 heteroatoms. The molecule has 2 heterocycles. The number of esters is 1. The summed E-state index contributed by atoms with van der Waals surface area (Å²) in [6, 6.07) is 4.53. The summed E-state index contributed by atoms with van der Waals surface area (Å²) in [7, 11) is -2.43. The molecule has 21 heavy (non-hydrogen) atoms. The number of sulfonamides is 1. The number of pyridine rings is 1. The fourth-order valence-corrected chi connectivity index (χ4v) is 3.84. The van der Waals surface area contributed by atoms with Gasteiger partial charge in [0.25, 0.3) is 0 Å². The zero-order chi connectivity index (χ0) is 15.6. The van der Waals surface area contributed by atoms with Crippen molar-refractivity contribution in [3.8, 4) is 6.07 Å². The summed E-state index contributed by atoms with van der Waals surface area (Å²) < 4.78 is 30.9. The molecule has 1 aliphatic rings. The summed E-state index contributed by atoms with van der Waals surface area (Å²) in [4.78, 5) is 15.4. The van der Waals surface area contributed by atoms with E-state index >= 15 is 0 Å². The van der Waals surface area contributed by atoms with E-state index in [9.17, 15) is 13.2 Å². The van der Waals surface area contributed by atoms with Gasteiger partial charge in [0.1, 0.15) is 16.7 Å². The Morgan fingerprint density at radius 3 is 2.71 bits per heavy atom. The Balaban J connectivity index is 2.24. The van der Waals surface area contributed by atoms with Crippen LogP contribution in [0.3, 0.4) is 0 Å². The maximum Gasteiger partial charge on any atom is 0.310 e. The van der Waals surface area contributed by atoms with E-state index in [-0.39, 0.29) is 29.6 Å². The molecule has 7 nitrogen and oxygen atoms in total. The fourth-order valence-electron chi connectivity index (χ4n) is 2.32. The molecular formula is C13H15N3O4S. The van der Waals surface area contributed by atoms with Crippen molar-refractivity contribution in [2.45, 2.75) is 11.8 Å². The molecule has 0 amide bonds. The van der Waals surface area contributed by atoms with Crippen LogP contribution in [0, 0.1) is 23.2 Å². The molecule has 1 aliphatic heterocycles. The van der Waals surface area contributed by atoms with Gasteiger partial charge >= 0.3 is 5.97 Å². The first-order valence-corrected chi connectivity index (χ1v) is 7.78. The van der Waals surface area contributed by atoms with Crippen molar-refractivity contribution in [1.82, 2.24) is 9.29 Å². The van der Waals surface area contributed by atoms with Crippen LogP contribution in [0.1, 0.15) is 12.6 Å². The number of nitriles is 1. The van der Waals surface area contributed by atoms with Crippen molar-refractivity contribution in [3.63, 3.8) is 0 Å². The molecule has 0 saturated carbocycles. The van der Waals surface area contributed by atoms with E-state index in [0.717, 1.165) is 6.20 Å². The van der Waals surface area contributed by atoms with Gasteiger partial charge in [-0.2, -0.15) is 9.57 Å². The van der Waals surface area contributed by atoms with Gasteiger partial charge in [-0.25, -0.2) is 13.4 Å². The van der Waals surface area contributed by atoms with Gasteiger partial charge in [0.2, 0.25) is 10.0 Å². The van der Waals surface area contributed by atoms with E-state index in [1.807, 2.05) is 13.0 Å². The summed E-state index contributed by atoms with van der Waals surface area (Å²) >= 11 is 0. The minimum Gasteiger partial charge on any atom is -0.469 e. The quantitative estimate of drug-likeness (QED) is 0.748. The lowest BCUT2D eigenvalue weighted by atomic mass is 9.99. The van der Waals surface area contributed by atoms with Gasteiger partial charge in [0.15, 0.2) is 0 Å². The monoisotopic (exact) mass is 309 g/mol. The van der Waals surface area contributed by atoms with Crippen LogP contribution in [0.2, 0.25) is 0 Å². The molecule has 2 unspecified atom stereocenters. The standard InChI is InChI=1S/C13H15N3O4S/c1-9-7-16(8-12(9)13(17)20-2)21(18,19)11-4-3-10(5-14)15-6-11/h3-4,6,9,12H,7-8H2,1-2H3. The first-order chi connectivity index (χ1) is 9.90. The third kappa shape index (κ3) is 2.89. The number of carbonyl (C=O) groups excluding carboxylic acids is 1. The zero-order valence-electron chi connectivity index (χ0n) is 11.7. The molecule has 2 atom stereocenters. The molecule has 0 spiro atoms. The van der Waals surface area contributed by atoms with Crippen LogP contribution in [0.15, 0.2) is 23.2 Å². The lowest BCUT2D eigenvalue weighted by Gasteiger charge is -2.15. The number of rotatable bonds is 3. The first-order valence-electron chi connectivity index (χ1n) is 6.34. The number of ether oxygens (including phenoxy) is 1. The zero-order valence-corrected chi connectivity index (χ0v) is 12.5. The van der Waals surface area contributed by atoms with Gasteiger partial charge in [0.05, 0.1) is 13.0 Å². The summed E-state index contributed by atoms with van der Waals surface area (Å²) in [6.45, 7) is 2.16. The van der Waals surface area contributed by atoms with Gasteiger partial charge in [-0.3, -0.25) is 4.79 Å². The minimum absolute atomic E-state index is 0.0132. The van der Waals surface area contributed by atoms with Crippen molar-refractivity contribution in [2.75, 3.05) is 20.2 Å². The van der Waals surface area contributed by atoms with E-state index in [0.29, 0.717) is 0 Å². The van der Waals surface area contributed by atoms with Crippen molar-refractivity contribution in [1.29, 1.82) is 5.26 Å². The lowest BCUT2D eigenvalue weighted by molar-refractivity contribution is -0.145. The second-order valence-corrected chi connectivity index (χ2v) is 6.86. The van der Waals surface area contributed by atoms with Crippen LogP contribution in [0.25, 0.3) is 0 Å².